The van der Waals surface area contributed by atoms with Crippen LogP contribution in [0.15, 0.2) is 22.8 Å². The molecule has 1 aromatic heterocycles. The van der Waals surface area contributed by atoms with Gasteiger partial charge < -0.3 is 10.4 Å². The van der Waals surface area contributed by atoms with Crippen LogP contribution in [0.5, 0.6) is 0 Å². The number of carboxylic acid groups (broad SMARTS) is 1. The van der Waals surface area contributed by atoms with Crippen LogP contribution >= 0.6 is 15.9 Å². The van der Waals surface area contributed by atoms with E-state index >= 15 is 0 Å². The smallest absolute Gasteiger partial charge is 0.305 e. The molecule has 5 nitrogen and oxygen atoms in total. The molecular weight excluding hydrogens is 312 g/mol. The highest BCUT2D eigenvalue weighted by atomic mass is 79.9. The van der Waals surface area contributed by atoms with Crippen molar-refractivity contribution in [3.8, 4) is 0 Å². The number of nitrogens with one attached hydrogen (secondary N) is 1. The van der Waals surface area contributed by atoms with E-state index in [0.29, 0.717) is 23.0 Å². The second kappa shape index (κ2) is 5.69. The number of aliphatic carboxylic acids is 1. The summed E-state index contributed by atoms with van der Waals surface area (Å²) < 4.78 is 0.607. The molecule has 0 unspecified atom stereocenters. The second-order valence-corrected chi connectivity index (χ2v) is 5.70. The number of carbonyl (C=O) groups excluding carboxylic acids is 1. The molecule has 1 aromatic rings. The molecule has 2 rings (SSSR count). The zero-order chi connectivity index (χ0) is 13.9. The predicted molar refractivity (Wildman–Crippen MR) is 72.9 cm³/mol. The summed E-state index contributed by atoms with van der Waals surface area (Å²) >= 11 is 3.28. The van der Waals surface area contributed by atoms with E-state index in [4.69, 9.17) is 5.11 Å². The normalized spacial score (nSPS) is 17.1. The lowest BCUT2D eigenvalue weighted by Gasteiger charge is -2.28. The predicted octanol–water partition coefficient (Wildman–Crippen LogP) is 2.36. The Bertz CT molecular complexity index is 498. The van der Waals surface area contributed by atoms with Gasteiger partial charge in [0, 0.05) is 10.7 Å². The molecule has 0 atom stereocenters. The number of pyridine rings is 1. The van der Waals surface area contributed by atoms with Crippen molar-refractivity contribution in [3.63, 3.8) is 0 Å². The summed E-state index contributed by atoms with van der Waals surface area (Å²) in [5, 5.41) is 11.9. The molecule has 1 amide bonds. The number of carbonyl (C=O) groups is 2. The van der Waals surface area contributed by atoms with Crippen LogP contribution in [0.2, 0.25) is 0 Å². The summed E-state index contributed by atoms with van der Waals surface area (Å²) in [6.07, 6.45) is 4.79. The Morgan fingerprint density at radius 1 is 1.42 bits per heavy atom. The first-order valence-electron chi connectivity index (χ1n) is 6.17. The standard InChI is InChI=1S/C13H15BrN2O3/c14-9-4-3-7-15-11(9)12(19)16-13(8-10(17)18)5-1-2-6-13/h3-4,7H,1-2,5-6,8H2,(H,16,19)(H,17,18). The van der Waals surface area contributed by atoms with E-state index in [2.05, 4.69) is 26.2 Å². The largest absolute Gasteiger partial charge is 0.481 e. The SMILES string of the molecule is O=C(O)CC1(NC(=O)c2ncccc2Br)CCCC1. The third kappa shape index (κ3) is 3.32. The molecule has 102 valence electrons. The molecule has 0 aromatic carbocycles. The first-order valence-corrected chi connectivity index (χ1v) is 6.97. The first-order chi connectivity index (χ1) is 9.02. The first kappa shape index (κ1) is 14.0. The van der Waals surface area contributed by atoms with Crippen molar-refractivity contribution >= 4 is 27.8 Å². The van der Waals surface area contributed by atoms with Crippen molar-refractivity contribution in [2.75, 3.05) is 0 Å². The number of hydrogen-bond donors (Lipinski definition) is 2. The van der Waals surface area contributed by atoms with E-state index in [0.717, 1.165) is 12.8 Å². The Balaban J connectivity index is 2.16. The fourth-order valence-electron chi connectivity index (χ4n) is 2.54. The lowest BCUT2D eigenvalue weighted by atomic mass is 9.93. The summed E-state index contributed by atoms with van der Waals surface area (Å²) in [6.45, 7) is 0. The zero-order valence-electron chi connectivity index (χ0n) is 10.4. The summed E-state index contributed by atoms with van der Waals surface area (Å²) in [6, 6.07) is 3.46. The van der Waals surface area contributed by atoms with E-state index in [1.54, 1.807) is 12.1 Å². The molecule has 1 heterocycles. The van der Waals surface area contributed by atoms with Crippen molar-refractivity contribution in [1.29, 1.82) is 0 Å². The Kier molecular flexibility index (Phi) is 4.19. The van der Waals surface area contributed by atoms with Crippen molar-refractivity contribution < 1.29 is 14.7 Å². The molecule has 0 saturated heterocycles. The number of nitrogens with zero attached hydrogens (tertiary/aromatic N) is 1. The van der Waals surface area contributed by atoms with E-state index in [9.17, 15) is 9.59 Å². The summed E-state index contributed by atoms with van der Waals surface area (Å²) in [4.78, 5) is 27.2. The van der Waals surface area contributed by atoms with E-state index in [-0.39, 0.29) is 12.3 Å². The van der Waals surface area contributed by atoms with Crippen LogP contribution in [0, 0.1) is 0 Å². The van der Waals surface area contributed by atoms with Crippen LogP contribution in [0.1, 0.15) is 42.6 Å². The third-order valence-electron chi connectivity index (χ3n) is 3.40. The number of amides is 1. The molecule has 0 aliphatic heterocycles. The number of hydrogen-bond acceptors (Lipinski definition) is 3. The van der Waals surface area contributed by atoms with Crippen LogP contribution in [0.4, 0.5) is 0 Å². The van der Waals surface area contributed by atoms with Crippen molar-refractivity contribution in [2.45, 2.75) is 37.6 Å². The average Bonchev–Trinajstić information content (AvgIpc) is 2.76. The number of aromatic nitrogens is 1. The van der Waals surface area contributed by atoms with Gasteiger partial charge in [-0.1, -0.05) is 12.8 Å². The molecule has 0 spiro atoms. The Hall–Kier alpha value is -1.43. The molecule has 0 radical (unpaired) electrons. The van der Waals surface area contributed by atoms with Gasteiger partial charge in [-0.25, -0.2) is 4.98 Å². The minimum Gasteiger partial charge on any atom is -0.481 e. The van der Waals surface area contributed by atoms with Crippen LogP contribution in [0.25, 0.3) is 0 Å². The van der Waals surface area contributed by atoms with Crippen LogP contribution < -0.4 is 5.32 Å². The maximum absolute atomic E-state index is 12.2. The molecular formula is C13H15BrN2O3. The van der Waals surface area contributed by atoms with E-state index in [1.165, 1.54) is 6.20 Å². The maximum Gasteiger partial charge on any atom is 0.305 e. The van der Waals surface area contributed by atoms with Gasteiger partial charge in [-0.3, -0.25) is 9.59 Å². The van der Waals surface area contributed by atoms with Gasteiger partial charge in [0.2, 0.25) is 0 Å². The van der Waals surface area contributed by atoms with E-state index < -0.39 is 11.5 Å². The van der Waals surface area contributed by atoms with Gasteiger partial charge in [0.25, 0.3) is 5.91 Å². The molecule has 1 fully saturated rings. The van der Waals surface area contributed by atoms with Gasteiger partial charge in [0.15, 0.2) is 0 Å². The van der Waals surface area contributed by atoms with Gasteiger partial charge in [-0.15, -0.1) is 0 Å². The monoisotopic (exact) mass is 326 g/mol. The number of carboxylic acids is 1. The van der Waals surface area contributed by atoms with Gasteiger partial charge in [-0.05, 0) is 40.9 Å². The van der Waals surface area contributed by atoms with Crippen molar-refractivity contribution in [2.24, 2.45) is 0 Å². The quantitative estimate of drug-likeness (QED) is 0.890. The van der Waals surface area contributed by atoms with E-state index in [1.807, 2.05) is 0 Å². The fraction of sp³-hybridized carbons (Fsp3) is 0.462. The highest BCUT2D eigenvalue weighted by Crippen LogP contribution is 2.33. The molecule has 2 N–H and O–H groups in total. The molecule has 1 aliphatic carbocycles. The summed E-state index contributed by atoms with van der Waals surface area (Å²) in [7, 11) is 0. The van der Waals surface area contributed by atoms with Gasteiger partial charge in [0.1, 0.15) is 5.69 Å². The van der Waals surface area contributed by atoms with Crippen LogP contribution in [-0.4, -0.2) is 27.5 Å². The Labute approximate surface area is 119 Å². The number of halogens is 1. The molecule has 1 saturated carbocycles. The minimum absolute atomic E-state index is 0.0385. The zero-order valence-corrected chi connectivity index (χ0v) is 11.9. The Morgan fingerprint density at radius 3 is 2.68 bits per heavy atom. The molecule has 19 heavy (non-hydrogen) atoms. The Morgan fingerprint density at radius 2 is 2.11 bits per heavy atom. The van der Waals surface area contributed by atoms with Gasteiger partial charge >= 0.3 is 5.97 Å². The molecule has 6 heteroatoms. The van der Waals surface area contributed by atoms with Crippen molar-refractivity contribution in [3.05, 3.63) is 28.5 Å². The van der Waals surface area contributed by atoms with Gasteiger partial charge in [-0.2, -0.15) is 0 Å². The lowest BCUT2D eigenvalue weighted by molar-refractivity contribution is -0.138. The fourth-order valence-corrected chi connectivity index (χ4v) is 2.98. The maximum atomic E-state index is 12.2. The van der Waals surface area contributed by atoms with Crippen LogP contribution in [0.3, 0.4) is 0 Å². The summed E-state index contributed by atoms with van der Waals surface area (Å²) in [5.74, 6) is -1.21. The van der Waals surface area contributed by atoms with Gasteiger partial charge in [0.05, 0.1) is 12.0 Å². The highest BCUT2D eigenvalue weighted by Gasteiger charge is 2.38. The second-order valence-electron chi connectivity index (χ2n) is 4.85. The molecule has 0 bridgehead atoms. The summed E-state index contributed by atoms with van der Waals surface area (Å²) in [5.41, 5.74) is -0.334. The minimum atomic E-state index is -0.887. The van der Waals surface area contributed by atoms with Crippen LogP contribution in [-0.2, 0) is 4.79 Å². The average molecular weight is 327 g/mol. The van der Waals surface area contributed by atoms with Crippen molar-refractivity contribution in [1.82, 2.24) is 10.3 Å². The third-order valence-corrected chi connectivity index (χ3v) is 4.04. The molecule has 1 aliphatic rings. The lowest BCUT2D eigenvalue weighted by Crippen LogP contribution is -2.48. The highest BCUT2D eigenvalue weighted by molar-refractivity contribution is 9.10. The number of rotatable bonds is 4. The topological polar surface area (TPSA) is 79.3 Å².